The summed E-state index contributed by atoms with van der Waals surface area (Å²) in [5.41, 5.74) is 0. The van der Waals surface area contributed by atoms with Crippen LogP contribution in [-0.2, 0) is 4.79 Å². The van der Waals surface area contributed by atoms with Crippen LogP contribution in [0.15, 0.2) is 36.5 Å². The third-order valence-corrected chi connectivity index (χ3v) is 14.2. The Balaban J connectivity index is 3.56. The Bertz CT molecular complexity index is 1040. The standard InChI is InChI=1S/C62H119NO4/c1-3-5-7-9-11-13-15-17-19-21-23-25-27-28-29-30-31-32-33-34-35-37-39-41-43-45-47-49-51-53-55-57-61(66)62(67)63-59(58-64)60(65)56-54-52-50-48-46-44-42-40-38-36-26-24-22-20-18-16-14-12-10-8-6-4-2/h28-29,46,48,54,56,59-61,64-66H,3-27,30-45,47,49-53,55,57-58H2,1-2H3,(H,63,67)/b29-28-,48-46+,56-54+. The quantitative estimate of drug-likeness (QED) is 0.0361. The van der Waals surface area contributed by atoms with Gasteiger partial charge in [-0.1, -0.05) is 307 Å². The molecule has 396 valence electrons. The van der Waals surface area contributed by atoms with Crippen LogP contribution in [0.25, 0.3) is 0 Å². The molecule has 0 fully saturated rings. The summed E-state index contributed by atoms with van der Waals surface area (Å²) in [4.78, 5) is 12.6. The molecule has 0 aromatic heterocycles. The average Bonchev–Trinajstić information content (AvgIpc) is 3.33. The van der Waals surface area contributed by atoms with Crippen molar-refractivity contribution in [2.75, 3.05) is 6.61 Å². The van der Waals surface area contributed by atoms with Gasteiger partial charge in [-0.05, 0) is 57.8 Å². The van der Waals surface area contributed by atoms with Crippen molar-refractivity contribution in [2.45, 2.75) is 347 Å². The second kappa shape index (κ2) is 57.2. The van der Waals surface area contributed by atoms with Gasteiger partial charge < -0.3 is 20.6 Å². The van der Waals surface area contributed by atoms with Gasteiger partial charge in [-0.2, -0.15) is 0 Å². The van der Waals surface area contributed by atoms with Crippen molar-refractivity contribution in [3.8, 4) is 0 Å². The van der Waals surface area contributed by atoms with Crippen molar-refractivity contribution in [2.24, 2.45) is 0 Å². The molecule has 0 aliphatic heterocycles. The topological polar surface area (TPSA) is 89.8 Å². The Labute approximate surface area is 419 Å². The van der Waals surface area contributed by atoms with Gasteiger partial charge in [0.25, 0.3) is 0 Å². The van der Waals surface area contributed by atoms with E-state index in [1.54, 1.807) is 6.08 Å². The first-order chi connectivity index (χ1) is 33.1. The number of allylic oxidation sites excluding steroid dienone is 5. The molecule has 3 unspecified atom stereocenters. The van der Waals surface area contributed by atoms with Gasteiger partial charge in [-0.25, -0.2) is 0 Å². The number of aliphatic hydroxyl groups is 3. The Hall–Kier alpha value is -1.43. The van der Waals surface area contributed by atoms with Crippen LogP contribution in [0.5, 0.6) is 0 Å². The van der Waals surface area contributed by atoms with Crippen LogP contribution in [0.4, 0.5) is 0 Å². The van der Waals surface area contributed by atoms with E-state index in [0.29, 0.717) is 6.42 Å². The lowest BCUT2D eigenvalue weighted by molar-refractivity contribution is -0.131. The van der Waals surface area contributed by atoms with Gasteiger partial charge in [0.15, 0.2) is 0 Å². The van der Waals surface area contributed by atoms with Crippen molar-refractivity contribution < 1.29 is 20.1 Å². The summed E-state index contributed by atoms with van der Waals surface area (Å²) in [6.45, 7) is 4.21. The highest BCUT2D eigenvalue weighted by atomic mass is 16.3. The maximum Gasteiger partial charge on any atom is 0.249 e. The summed E-state index contributed by atoms with van der Waals surface area (Å²) in [6, 6.07) is -0.815. The maximum absolute atomic E-state index is 12.6. The zero-order valence-corrected chi connectivity index (χ0v) is 45.3. The molecule has 0 aliphatic rings. The zero-order chi connectivity index (χ0) is 48.6. The Morgan fingerprint density at radius 3 is 0.910 bits per heavy atom. The minimum atomic E-state index is -1.11. The van der Waals surface area contributed by atoms with Crippen LogP contribution in [0, 0.1) is 0 Å². The van der Waals surface area contributed by atoms with Gasteiger partial charge in [-0.15, -0.1) is 0 Å². The molecular weight excluding hydrogens is 823 g/mol. The SMILES string of the molecule is CCCCCCCCCCCCCC/C=C\CCCCCCCCCCCCCCCCCC(O)C(=O)NC(CO)C(O)/C=C/CC/C=C/CCCCCCCCCCCCCCCCCC. The van der Waals surface area contributed by atoms with Gasteiger partial charge >= 0.3 is 0 Å². The van der Waals surface area contributed by atoms with E-state index in [2.05, 4.69) is 43.5 Å². The van der Waals surface area contributed by atoms with E-state index in [1.165, 1.54) is 270 Å². The highest BCUT2D eigenvalue weighted by Crippen LogP contribution is 2.18. The van der Waals surface area contributed by atoms with E-state index in [0.717, 1.165) is 38.5 Å². The first kappa shape index (κ1) is 65.6. The smallest absolute Gasteiger partial charge is 0.249 e. The maximum atomic E-state index is 12.6. The summed E-state index contributed by atoms with van der Waals surface area (Å²) < 4.78 is 0. The number of carbonyl (C=O) groups is 1. The highest BCUT2D eigenvalue weighted by Gasteiger charge is 2.22. The van der Waals surface area contributed by atoms with E-state index < -0.39 is 24.2 Å². The number of hydrogen-bond acceptors (Lipinski definition) is 4. The van der Waals surface area contributed by atoms with E-state index in [9.17, 15) is 20.1 Å². The fraction of sp³-hybridized carbons (Fsp3) is 0.887. The number of hydrogen-bond donors (Lipinski definition) is 4. The third-order valence-electron chi connectivity index (χ3n) is 14.2. The van der Waals surface area contributed by atoms with Gasteiger partial charge in [0.2, 0.25) is 5.91 Å². The molecule has 0 aromatic carbocycles. The first-order valence-corrected chi connectivity index (χ1v) is 30.3. The van der Waals surface area contributed by atoms with Crippen molar-refractivity contribution in [1.29, 1.82) is 0 Å². The molecule has 4 N–H and O–H groups in total. The van der Waals surface area contributed by atoms with Crippen LogP contribution in [-0.4, -0.2) is 46.1 Å². The molecule has 0 radical (unpaired) electrons. The van der Waals surface area contributed by atoms with Gasteiger partial charge in [-0.3, -0.25) is 4.79 Å². The van der Waals surface area contributed by atoms with Crippen molar-refractivity contribution >= 4 is 5.91 Å². The number of nitrogens with one attached hydrogen (secondary N) is 1. The lowest BCUT2D eigenvalue weighted by Gasteiger charge is -2.21. The predicted molar refractivity (Wildman–Crippen MR) is 296 cm³/mol. The molecule has 67 heavy (non-hydrogen) atoms. The van der Waals surface area contributed by atoms with Gasteiger partial charge in [0, 0.05) is 0 Å². The van der Waals surface area contributed by atoms with Crippen molar-refractivity contribution in [3.05, 3.63) is 36.5 Å². The molecule has 0 heterocycles. The number of unbranched alkanes of at least 4 members (excludes halogenated alkanes) is 44. The summed E-state index contributed by atoms with van der Waals surface area (Å²) in [6.07, 6.45) is 75.3. The number of amides is 1. The zero-order valence-electron chi connectivity index (χ0n) is 45.3. The molecule has 5 nitrogen and oxygen atoms in total. The Kier molecular flexibility index (Phi) is 55.9. The summed E-state index contributed by atoms with van der Waals surface area (Å²) >= 11 is 0. The van der Waals surface area contributed by atoms with E-state index in [1.807, 2.05) is 6.08 Å². The molecule has 0 saturated carbocycles. The normalized spacial score (nSPS) is 13.4. The van der Waals surface area contributed by atoms with Crippen LogP contribution in [0.3, 0.4) is 0 Å². The molecule has 5 heteroatoms. The number of aliphatic hydroxyl groups excluding tert-OH is 3. The van der Waals surface area contributed by atoms with Crippen molar-refractivity contribution in [3.63, 3.8) is 0 Å². The molecule has 0 rings (SSSR count). The second-order valence-electron chi connectivity index (χ2n) is 20.9. The molecule has 3 atom stereocenters. The Morgan fingerprint density at radius 2 is 0.612 bits per heavy atom. The molecule has 1 amide bonds. The summed E-state index contributed by atoms with van der Waals surface area (Å²) in [5.74, 6) is -0.508. The van der Waals surface area contributed by atoms with Gasteiger partial charge in [0.05, 0.1) is 18.8 Å². The molecule has 0 bridgehead atoms. The molecule has 0 aliphatic carbocycles. The third kappa shape index (κ3) is 52.2. The monoisotopic (exact) mass is 942 g/mol. The van der Waals surface area contributed by atoms with E-state index in [-0.39, 0.29) is 6.61 Å². The largest absolute Gasteiger partial charge is 0.394 e. The lowest BCUT2D eigenvalue weighted by Crippen LogP contribution is -2.48. The predicted octanol–water partition coefficient (Wildman–Crippen LogP) is 19.0. The first-order valence-electron chi connectivity index (χ1n) is 30.3. The minimum Gasteiger partial charge on any atom is -0.394 e. The Morgan fingerprint density at radius 1 is 0.358 bits per heavy atom. The average molecular weight is 943 g/mol. The highest BCUT2D eigenvalue weighted by molar-refractivity contribution is 5.80. The molecule has 0 aromatic rings. The number of rotatable bonds is 56. The molecular formula is C62H119NO4. The van der Waals surface area contributed by atoms with Crippen LogP contribution < -0.4 is 5.32 Å². The minimum absolute atomic E-state index is 0.374. The fourth-order valence-corrected chi connectivity index (χ4v) is 9.49. The fourth-order valence-electron chi connectivity index (χ4n) is 9.49. The number of carbonyl (C=O) groups excluding carboxylic acids is 1. The van der Waals surface area contributed by atoms with Crippen LogP contribution in [0.1, 0.15) is 328 Å². The van der Waals surface area contributed by atoms with Gasteiger partial charge in [0.1, 0.15) is 6.10 Å². The van der Waals surface area contributed by atoms with Crippen molar-refractivity contribution in [1.82, 2.24) is 5.32 Å². The molecule has 0 saturated heterocycles. The van der Waals surface area contributed by atoms with Crippen LogP contribution >= 0.6 is 0 Å². The van der Waals surface area contributed by atoms with E-state index >= 15 is 0 Å². The summed E-state index contributed by atoms with van der Waals surface area (Å²) in [5, 5.41) is 33.4. The molecule has 0 spiro atoms. The lowest BCUT2D eigenvalue weighted by atomic mass is 10.0. The summed E-state index contributed by atoms with van der Waals surface area (Å²) in [7, 11) is 0. The van der Waals surface area contributed by atoms with Crippen LogP contribution in [0.2, 0.25) is 0 Å². The second-order valence-corrected chi connectivity index (χ2v) is 20.9. The van der Waals surface area contributed by atoms with E-state index in [4.69, 9.17) is 0 Å².